The SMILES string of the molecule is CCc1ccc(CN(CCC(N)=S)C2CC2)cc1. The quantitative estimate of drug-likeness (QED) is 0.766. The summed E-state index contributed by atoms with van der Waals surface area (Å²) in [6.07, 6.45) is 4.59. The smallest absolute Gasteiger partial charge is 0.0740 e. The summed E-state index contributed by atoms with van der Waals surface area (Å²) in [7, 11) is 0. The second kappa shape index (κ2) is 6.30. The third-order valence-electron chi connectivity index (χ3n) is 3.53. The minimum absolute atomic E-state index is 0.627. The Labute approximate surface area is 115 Å². The van der Waals surface area contributed by atoms with Crippen LogP contribution in [0, 0.1) is 0 Å². The van der Waals surface area contributed by atoms with Gasteiger partial charge in [-0.15, -0.1) is 0 Å². The van der Waals surface area contributed by atoms with Crippen LogP contribution in [0.5, 0.6) is 0 Å². The molecular weight excluding hydrogens is 240 g/mol. The Hall–Kier alpha value is -0.930. The summed E-state index contributed by atoms with van der Waals surface area (Å²) in [5, 5.41) is 0. The molecule has 0 spiro atoms. The highest BCUT2D eigenvalue weighted by atomic mass is 32.1. The van der Waals surface area contributed by atoms with Gasteiger partial charge in [-0.2, -0.15) is 0 Å². The standard InChI is InChI=1S/C15H22N2S/c1-2-12-3-5-13(6-4-12)11-17(14-7-8-14)10-9-15(16)18/h3-6,14H,2,7-11H2,1H3,(H2,16,18). The molecule has 0 radical (unpaired) electrons. The summed E-state index contributed by atoms with van der Waals surface area (Å²) < 4.78 is 0. The summed E-state index contributed by atoms with van der Waals surface area (Å²) >= 11 is 4.97. The maximum atomic E-state index is 5.60. The second-order valence-electron chi connectivity index (χ2n) is 5.09. The molecule has 3 heteroatoms. The van der Waals surface area contributed by atoms with Crippen LogP contribution in [-0.4, -0.2) is 22.5 Å². The van der Waals surface area contributed by atoms with Crippen molar-refractivity contribution in [1.29, 1.82) is 0 Å². The molecule has 0 aromatic heterocycles. The number of hydrogen-bond acceptors (Lipinski definition) is 2. The van der Waals surface area contributed by atoms with Crippen LogP contribution in [0.1, 0.15) is 37.3 Å². The molecule has 2 nitrogen and oxygen atoms in total. The van der Waals surface area contributed by atoms with Crippen molar-refractivity contribution in [3.05, 3.63) is 35.4 Å². The number of hydrogen-bond donors (Lipinski definition) is 1. The van der Waals surface area contributed by atoms with Gasteiger partial charge in [-0.3, -0.25) is 4.90 Å². The van der Waals surface area contributed by atoms with Gasteiger partial charge in [0.2, 0.25) is 0 Å². The van der Waals surface area contributed by atoms with E-state index in [2.05, 4.69) is 36.1 Å². The zero-order valence-electron chi connectivity index (χ0n) is 11.1. The molecule has 1 saturated carbocycles. The van der Waals surface area contributed by atoms with Crippen LogP contribution >= 0.6 is 12.2 Å². The van der Waals surface area contributed by atoms with Crippen LogP contribution in [0.25, 0.3) is 0 Å². The predicted octanol–water partition coefficient (Wildman–Crippen LogP) is 2.89. The zero-order valence-corrected chi connectivity index (χ0v) is 11.9. The van der Waals surface area contributed by atoms with E-state index in [0.717, 1.165) is 32.0 Å². The van der Waals surface area contributed by atoms with Gasteiger partial charge in [0.05, 0.1) is 4.99 Å². The highest BCUT2D eigenvalue weighted by Crippen LogP contribution is 2.28. The number of nitrogens with two attached hydrogens (primary N) is 1. The molecule has 0 heterocycles. The van der Waals surface area contributed by atoms with E-state index in [9.17, 15) is 0 Å². The first-order valence-electron chi connectivity index (χ1n) is 6.79. The predicted molar refractivity (Wildman–Crippen MR) is 80.7 cm³/mol. The van der Waals surface area contributed by atoms with Crippen molar-refractivity contribution in [2.75, 3.05) is 6.54 Å². The average Bonchev–Trinajstić information content (AvgIpc) is 3.19. The average molecular weight is 262 g/mol. The molecule has 2 N–H and O–H groups in total. The molecule has 1 aromatic carbocycles. The van der Waals surface area contributed by atoms with E-state index in [0.29, 0.717) is 4.99 Å². The van der Waals surface area contributed by atoms with E-state index in [1.54, 1.807) is 0 Å². The first-order chi connectivity index (χ1) is 8.69. The van der Waals surface area contributed by atoms with Gasteiger partial charge in [0.25, 0.3) is 0 Å². The van der Waals surface area contributed by atoms with Gasteiger partial charge in [0, 0.05) is 25.6 Å². The Bertz CT molecular complexity index is 395. The van der Waals surface area contributed by atoms with Crippen molar-refractivity contribution >= 4 is 17.2 Å². The molecule has 0 saturated heterocycles. The first-order valence-corrected chi connectivity index (χ1v) is 7.20. The minimum atomic E-state index is 0.627. The number of nitrogens with zero attached hydrogens (tertiary/aromatic N) is 1. The summed E-state index contributed by atoms with van der Waals surface area (Å²) in [5.74, 6) is 0. The van der Waals surface area contributed by atoms with Crippen molar-refractivity contribution in [3.63, 3.8) is 0 Å². The number of benzene rings is 1. The normalized spacial score (nSPS) is 15.0. The highest BCUT2D eigenvalue weighted by Gasteiger charge is 2.28. The highest BCUT2D eigenvalue weighted by molar-refractivity contribution is 7.80. The van der Waals surface area contributed by atoms with Crippen molar-refractivity contribution in [2.24, 2.45) is 5.73 Å². The first kappa shape index (κ1) is 13.5. The van der Waals surface area contributed by atoms with Crippen molar-refractivity contribution in [1.82, 2.24) is 4.90 Å². The Balaban J connectivity index is 1.92. The number of rotatable bonds is 7. The van der Waals surface area contributed by atoms with Gasteiger partial charge in [0.1, 0.15) is 0 Å². The van der Waals surface area contributed by atoms with E-state index < -0.39 is 0 Å². The molecule has 0 aliphatic heterocycles. The molecule has 1 aliphatic rings. The second-order valence-corrected chi connectivity index (χ2v) is 5.61. The van der Waals surface area contributed by atoms with E-state index in [1.165, 1.54) is 24.0 Å². The van der Waals surface area contributed by atoms with E-state index in [-0.39, 0.29) is 0 Å². The summed E-state index contributed by atoms with van der Waals surface area (Å²) in [4.78, 5) is 3.14. The van der Waals surface area contributed by atoms with Crippen molar-refractivity contribution in [3.8, 4) is 0 Å². The third kappa shape index (κ3) is 4.07. The van der Waals surface area contributed by atoms with Gasteiger partial charge in [-0.1, -0.05) is 43.4 Å². The van der Waals surface area contributed by atoms with Gasteiger partial charge >= 0.3 is 0 Å². The lowest BCUT2D eigenvalue weighted by atomic mass is 10.1. The van der Waals surface area contributed by atoms with Crippen LogP contribution in [0.15, 0.2) is 24.3 Å². The summed E-state index contributed by atoms with van der Waals surface area (Å²) in [5.41, 5.74) is 8.39. The van der Waals surface area contributed by atoms with Gasteiger partial charge in [-0.25, -0.2) is 0 Å². The zero-order chi connectivity index (χ0) is 13.0. The van der Waals surface area contributed by atoms with Gasteiger partial charge in [-0.05, 0) is 30.4 Å². The molecular formula is C15H22N2S. The Morgan fingerprint density at radius 2 is 1.89 bits per heavy atom. The van der Waals surface area contributed by atoms with E-state index in [1.807, 2.05) is 0 Å². The molecule has 98 valence electrons. The Morgan fingerprint density at radius 3 is 2.39 bits per heavy atom. The molecule has 1 fully saturated rings. The van der Waals surface area contributed by atoms with Gasteiger partial charge in [0.15, 0.2) is 0 Å². The molecule has 2 rings (SSSR count). The third-order valence-corrected chi connectivity index (χ3v) is 3.73. The van der Waals surface area contributed by atoms with Crippen molar-refractivity contribution in [2.45, 2.75) is 45.2 Å². The monoisotopic (exact) mass is 262 g/mol. The summed E-state index contributed by atoms with van der Waals surface area (Å²) in [6, 6.07) is 9.71. The minimum Gasteiger partial charge on any atom is -0.393 e. The molecule has 0 bridgehead atoms. The van der Waals surface area contributed by atoms with Gasteiger partial charge < -0.3 is 5.73 Å². The van der Waals surface area contributed by atoms with Crippen LogP contribution in [0.2, 0.25) is 0 Å². The van der Waals surface area contributed by atoms with Crippen molar-refractivity contribution < 1.29 is 0 Å². The lowest BCUT2D eigenvalue weighted by molar-refractivity contribution is 0.262. The fraction of sp³-hybridized carbons (Fsp3) is 0.533. The summed E-state index contributed by atoms with van der Waals surface area (Å²) in [6.45, 7) is 4.21. The Kier molecular flexibility index (Phi) is 4.72. The molecule has 0 atom stereocenters. The maximum Gasteiger partial charge on any atom is 0.0740 e. The fourth-order valence-corrected chi connectivity index (χ4v) is 2.29. The number of thiocarbonyl (C=S) groups is 1. The molecule has 18 heavy (non-hydrogen) atoms. The number of aryl methyl sites for hydroxylation is 1. The largest absolute Gasteiger partial charge is 0.393 e. The Morgan fingerprint density at radius 1 is 1.28 bits per heavy atom. The lowest BCUT2D eigenvalue weighted by Crippen LogP contribution is -2.29. The van der Waals surface area contributed by atoms with E-state index >= 15 is 0 Å². The lowest BCUT2D eigenvalue weighted by Gasteiger charge is -2.21. The van der Waals surface area contributed by atoms with E-state index in [4.69, 9.17) is 18.0 Å². The van der Waals surface area contributed by atoms with Crippen LogP contribution in [0.4, 0.5) is 0 Å². The topological polar surface area (TPSA) is 29.3 Å². The van der Waals surface area contributed by atoms with Crippen LogP contribution in [-0.2, 0) is 13.0 Å². The molecule has 1 aliphatic carbocycles. The maximum absolute atomic E-state index is 5.60. The molecule has 1 aromatic rings. The van der Waals surface area contributed by atoms with Crippen LogP contribution in [0.3, 0.4) is 0 Å². The molecule has 0 amide bonds. The molecule has 0 unspecified atom stereocenters. The fourth-order valence-electron chi connectivity index (χ4n) is 2.20. The van der Waals surface area contributed by atoms with Crippen LogP contribution < -0.4 is 5.73 Å².